The van der Waals surface area contributed by atoms with E-state index in [-0.39, 0.29) is 40.4 Å². The van der Waals surface area contributed by atoms with Crippen molar-refractivity contribution in [2.75, 3.05) is 33.3 Å². The van der Waals surface area contributed by atoms with E-state index in [9.17, 15) is 22.8 Å². The molecule has 12 heteroatoms. The number of pyridine rings is 1. The van der Waals surface area contributed by atoms with Gasteiger partial charge in [-0.05, 0) is 31.2 Å². The molecule has 4 rings (SSSR count). The number of aromatic nitrogens is 2. The lowest BCUT2D eigenvalue weighted by Crippen LogP contribution is -2.51. The fraction of sp³-hybridized carbons (Fsp3) is 0.440. The SMILES string of the molecule is COc1ccc(-c2nc(C(=O)N3CCN(C(=O)C(C)C)CC3)c([C@H](C)N)o2)c2ccc(C(F)(F)F)nc12. The van der Waals surface area contributed by atoms with Crippen molar-refractivity contribution >= 4 is 22.7 Å². The Morgan fingerprint density at radius 2 is 1.68 bits per heavy atom. The van der Waals surface area contributed by atoms with Crippen molar-refractivity contribution in [3.63, 3.8) is 0 Å². The van der Waals surface area contributed by atoms with Gasteiger partial charge in [-0.15, -0.1) is 0 Å². The predicted molar refractivity (Wildman–Crippen MR) is 129 cm³/mol. The monoisotopic (exact) mass is 519 g/mol. The summed E-state index contributed by atoms with van der Waals surface area (Å²) >= 11 is 0. The van der Waals surface area contributed by atoms with E-state index in [4.69, 9.17) is 14.9 Å². The zero-order valence-corrected chi connectivity index (χ0v) is 20.9. The number of rotatable bonds is 5. The predicted octanol–water partition coefficient (Wildman–Crippen LogP) is 3.88. The topological polar surface area (TPSA) is 115 Å². The van der Waals surface area contributed by atoms with Crippen molar-refractivity contribution in [3.05, 3.63) is 41.4 Å². The minimum absolute atomic E-state index is 0.0193. The number of alkyl halides is 3. The van der Waals surface area contributed by atoms with Gasteiger partial charge in [-0.3, -0.25) is 9.59 Å². The Labute approximate surface area is 211 Å². The molecule has 1 aliphatic rings. The molecule has 2 N–H and O–H groups in total. The molecule has 1 aromatic carbocycles. The van der Waals surface area contributed by atoms with E-state index < -0.39 is 23.8 Å². The molecule has 0 radical (unpaired) electrons. The quantitative estimate of drug-likeness (QED) is 0.544. The highest BCUT2D eigenvalue weighted by Crippen LogP contribution is 2.37. The molecule has 1 aliphatic heterocycles. The molecule has 0 spiro atoms. The second-order valence-electron chi connectivity index (χ2n) is 9.20. The van der Waals surface area contributed by atoms with Crippen LogP contribution in [0.5, 0.6) is 5.75 Å². The van der Waals surface area contributed by atoms with Crippen LogP contribution in [0, 0.1) is 5.92 Å². The summed E-state index contributed by atoms with van der Waals surface area (Å²) in [4.78, 5) is 37.2. The standard InChI is InChI=1S/C25H28F3N5O4/c1-13(2)23(34)32-9-11-33(12-10-32)24(35)20-21(14(3)29)37-22(31-20)16-5-7-17(36-4)19-15(16)6-8-18(30-19)25(26,27)28/h5-8,13-14H,9-12,29H2,1-4H3/t14-/m0/s1. The van der Waals surface area contributed by atoms with E-state index in [0.717, 1.165) is 6.07 Å². The smallest absolute Gasteiger partial charge is 0.433 e. The van der Waals surface area contributed by atoms with E-state index in [1.807, 2.05) is 13.8 Å². The van der Waals surface area contributed by atoms with E-state index in [2.05, 4.69) is 9.97 Å². The number of oxazole rings is 1. The highest BCUT2D eigenvalue weighted by molar-refractivity contribution is 5.98. The summed E-state index contributed by atoms with van der Waals surface area (Å²) in [5.74, 6) is -0.169. The zero-order chi connectivity index (χ0) is 27.1. The van der Waals surface area contributed by atoms with Crippen LogP contribution in [0.2, 0.25) is 0 Å². The largest absolute Gasteiger partial charge is 0.494 e. The number of ether oxygens (including phenoxy) is 1. The maximum Gasteiger partial charge on any atom is 0.433 e. The maximum absolute atomic E-state index is 13.4. The third kappa shape index (κ3) is 5.10. The lowest BCUT2D eigenvalue weighted by Gasteiger charge is -2.35. The molecule has 0 bridgehead atoms. The van der Waals surface area contributed by atoms with Gasteiger partial charge < -0.3 is 24.7 Å². The Kier molecular flexibility index (Phi) is 7.13. The van der Waals surface area contributed by atoms with Gasteiger partial charge in [0.15, 0.2) is 11.5 Å². The summed E-state index contributed by atoms with van der Waals surface area (Å²) in [6.45, 7) is 6.75. The van der Waals surface area contributed by atoms with Crippen LogP contribution in [-0.4, -0.2) is 64.9 Å². The third-order valence-electron chi connectivity index (χ3n) is 6.20. The Morgan fingerprint density at radius 3 is 2.24 bits per heavy atom. The van der Waals surface area contributed by atoms with E-state index in [1.54, 1.807) is 22.8 Å². The molecule has 3 heterocycles. The summed E-state index contributed by atoms with van der Waals surface area (Å²) in [6, 6.07) is 4.50. The number of benzene rings is 1. The normalized spacial score (nSPS) is 15.4. The first kappa shape index (κ1) is 26.4. The van der Waals surface area contributed by atoms with Gasteiger partial charge in [0.05, 0.1) is 13.2 Å². The lowest BCUT2D eigenvalue weighted by molar-refractivity contribution is -0.141. The molecular formula is C25H28F3N5O4. The molecule has 0 unspecified atom stereocenters. The van der Waals surface area contributed by atoms with Crippen LogP contribution in [0.15, 0.2) is 28.7 Å². The molecule has 2 amide bonds. The van der Waals surface area contributed by atoms with Gasteiger partial charge in [-0.2, -0.15) is 13.2 Å². The Balaban J connectivity index is 1.71. The molecule has 2 aromatic heterocycles. The summed E-state index contributed by atoms with van der Waals surface area (Å²) in [5, 5.41) is 0.310. The van der Waals surface area contributed by atoms with E-state index in [1.165, 1.54) is 19.2 Å². The van der Waals surface area contributed by atoms with Gasteiger partial charge in [0.1, 0.15) is 17.0 Å². The number of nitrogens with two attached hydrogens (primary N) is 1. The van der Waals surface area contributed by atoms with Gasteiger partial charge in [-0.25, -0.2) is 9.97 Å². The number of fused-ring (bicyclic) bond motifs is 1. The van der Waals surface area contributed by atoms with Gasteiger partial charge in [0.25, 0.3) is 5.91 Å². The minimum atomic E-state index is -4.64. The average molecular weight is 520 g/mol. The Bertz CT molecular complexity index is 1330. The molecule has 1 atom stereocenters. The van der Waals surface area contributed by atoms with Crippen molar-refractivity contribution < 1.29 is 31.9 Å². The van der Waals surface area contributed by atoms with Crippen molar-refractivity contribution in [1.29, 1.82) is 0 Å². The van der Waals surface area contributed by atoms with Crippen LogP contribution in [0.25, 0.3) is 22.4 Å². The van der Waals surface area contributed by atoms with Crippen LogP contribution in [0.3, 0.4) is 0 Å². The van der Waals surface area contributed by atoms with Crippen molar-refractivity contribution in [1.82, 2.24) is 19.8 Å². The van der Waals surface area contributed by atoms with Gasteiger partial charge in [0, 0.05) is 43.0 Å². The molecule has 0 aliphatic carbocycles. The fourth-order valence-electron chi connectivity index (χ4n) is 4.25. The van der Waals surface area contributed by atoms with Gasteiger partial charge >= 0.3 is 6.18 Å². The molecule has 3 aromatic rings. The zero-order valence-electron chi connectivity index (χ0n) is 20.9. The number of nitrogens with zero attached hydrogens (tertiary/aromatic N) is 4. The summed E-state index contributed by atoms with van der Waals surface area (Å²) < 4.78 is 51.0. The minimum Gasteiger partial charge on any atom is -0.494 e. The van der Waals surface area contributed by atoms with Crippen molar-refractivity contribution in [2.45, 2.75) is 33.0 Å². The van der Waals surface area contributed by atoms with Crippen LogP contribution in [-0.2, 0) is 11.0 Å². The molecular weight excluding hydrogens is 491 g/mol. The van der Waals surface area contributed by atoms with Crippen molar-refractivity contribution in [3.8, 4) is 17.2 Å². The van der Waals surface area contributed by atoms with Crippen LogP contribution >= 0.6 is 0 Å². The molecule has 1 fully saturated rings. The fourth-order valence-corrected chi connectivity index (χ4v) is 4.25. The number of piperazine rings is 1. The van der Waals surface area contributed by atoms with Crippen LogP contribution in [0.4, 0.5) is 13.2 Å². The first-order valence-electron chi connectivity index (χ1n) is 11.8. The second-order valence-corrected chi connectivity index (χ2v) is 9.20. The maximum atomic E-state index is 13.4. The van der Waals surface area contributed by atoms with E-state index in [0.29, 0.717) is 37.1 Å². The lowest BCUT2D eigenvalue weighted by atomic mass is 10.1. The number of halogens is 3. The molecule has 37 heavy (non-hydrogen) atoms. The molecule has 9 nitrogen and oxygen atoms in total. The summed E-state index contributed by atoms with van der Waals surface area (Å²) in [7, 11) is 1.33. The first-order chi connectivity index (χ1) is 17.4. The number of carbonyl (C=O) groups excluding carboxylic acids is 2. The number of hydrogen-bond donors (Lipinski definition) is 1. The molecule has 1 saturated heterocycles. The number of amides is 2. The second kappa shape index (κ2) is 10.0. The summed E-state index contributed by atoms with van der Waals surface area (Å²) in [6.07, 6.45) is -4.64. The number of methoxy groups -OCH3 is 1. The first-order valence-corrected chi connectivity index (χ1v) is 11.8. The van der Waals surface area contributed by atoms with Gasteiger partial charge in [0.2, 0.25) is 11.8 Å². The number of carbonyl (C=O) groups is 2. The highest BCUT2D eigenvalue weighted by atomic mass is 19.4. The third-order valence-corrected chi connectivity index (χ3v) is 6.20. The van der Waals surface area contributed by atoms with Crippen LogP contribution < -0.4 is 10.5 Å². The Hall–Kier alpha value is -3.67. The highest BCUT2D eigenvalue weighted by Gasteiger charge is 2.34. The van der Waals surface area contributed by atoms with Crippen LogP contribution in [0.1, 0.15) is 48.8 Å². The Morgan fingerprint density at radius 1 is 1.03 bits per heavy atom. The van der Waals surface area contributed by atoms with E-state index >= 15 is 0 Å². The number of hydrogen-bond acceptors (Lipinski definition) is 7. The molecule has 0 saturated carbocycles. The molecule has 198 valence electrons. The average Bonchev–Trinajstić information content (AvgIpc) is 3.32. The van der Waals surface area contributed by atoms with Gasteiger partial charge in [-0.1, -0.05) is 13.8 Å². The summed E-state index contributed by atoms with van der Waals surface area (Å²) in [5.41, 5.74) is 5.36. The van der Waals surface area contributed by atoms with Crippen molar-refractivity contribution in [2.24, 2.45) is 11.7 Å².